The first-order valence-electron chi connectivity index (χ1n) is 12.2. The first kappa shape index (κ1) is 25.0. The normalized spacial score (nSPS) is 20.0. The lowest BCUT2D eigenvalue weighted by atomic mass is 9.74. The molecule has 0 saturated carbocycles. The number of para-hydroxylation sites is 2. The number of hydrogen-bond acceptors (Lipinski definition) is 10. The highest BCUT2D eigenvalue weighted by Gasteiger charge is 2.55. The Bertz CT molecular complexity index is 1480. The third kappa shape index (κ3) is 4.38. The zero-order valence-electron chi connectivity index (χ0n) is 20.4. The number of aromatic nitrogens is 5. The van der Waals surface area contributed by atoms with Gasteiger partial charge in [0.15, 0.2) is 5.82 Å². The number of sulfonamides is 1. The van der Waals surface area contributed by atoms with Crippen molar-refractivity contribution in [2.75, 3.05) is 68.8 Å². The van der Waals surface area contributed by atoms with Gasteiger partial charge in [-0.1, -0.05) is 18.2 Å². The van der Waals surface area contributed by atoms with Gasteiger partial charge in [-0.25, -0.2) is 22.2 Å². The van der Waals surface area contributed by atoms with Crippen LogP contribution in [0.1, 0.15) is 12.2 Å². The Morgan fingerprint density at radius 1 is 0.974 bits per heavy atom. The SMILES string of the molecule is NCC=CS(=O)(=O)N1CC2(CN(c3nc(N4CCOCC4)nc(-n4c(C(F)F)nc5ccccc54)n3)C2)C1. The zero-order chi connectivity index (χ0) is 26.5. The van der Waals surface area contributed by atoms with Crippen LogP contribution in [0.4, 0.5) is 20.7 Å². The van der Waals surface area contributed by atoms with Crippen LogP contribution in [-0.2, 0) is 14.8 Å². The fraction of sp³-hybridized carbons (Fsp3) is 0.478. The Morgan fingerprint density at radius 2 is 1.63 bits per heavy atom. The molecule has 2 N–H and O–H groups in total. The molecular formula is C23H27F2N9O3S. The number of nitrogens with two attached hydrogens (primary N) is 1. The van der Waals surface area contributed by atoms with E-state index in [0.29, 0.717) is 75.4 Å². The second-order valence-corrected chi connectivity index (χ2v) is 11.5. The molecule has 0 unspecified atom stereocenters. The predicted molar refractivity (Wildman–Crippen MR) is 136 cm³/mol. The maximum Gasteiger partial charge on any atom is 0.296 e. The van der Waals surface area contributed by atoms with E-state index in [1.807, 2.05) is 9.80 Å². The lowest BCUT2D eigenvalue weighted by Crippen LogP contribution is -2.73. The van der Waals surface area contributed by atoms with Crippen molar-refractivity contribution in [1.82, 2.24) is 28.8 Å². The van der Waals surface area contributed by atoms with Gasteiger partial charge in [-0.2, -0.15) is 19.3 Å². The van der Waals surface area contributed by atoms with E-state index in [2.05, 4.69) is 19.9 Å². The molecule has 0 amide bonds. The maximum atomic E-state index is 14.1. The van der Waals surface area contributed by atoms with Gasteiger partial charge in [-0.05, 0) is 12.1 Å². The maximum absolute atomic E-state index is 14.1. The highest BCUT2D eigenvalue weighted by atomic mass is 32.2. The quantitative estimate of drug-likeness (QED) is 0.455. The lowest BCUT2D eigenvalue weighted by molar-refractivity contribution is 0.0393. The number of morpholine rings is 1. The van der Waals surface area contributed by atoms with E-state index in [1.165, 1.54) is 14.9 Å². The second kappa shape index (κ2) is 9.48. The fourth-order valence-corrected chi connectivity index (χ4v) is 6.57. The van der Waals surface area contributed by atoms with Gasteiger partial charge < -0.3 is 20.3 Å². The van der Waals surface area contributed by atoms with Crippen LogP contribution in [0, 0.1) is 5.41 Å². The molecule has 2 aromatic heterocycles. The molecule has 202 valence electrons. The highest BCUT2D eigenvalue weighted by Crippen LogP contribution is 2.43. The van der Waals surface area contributed by atoms with Crippen LogP contribution < -0.4 is 15.5 Å². The number of ether oxygens (including phenoxy) is 1. The van der Waals surface area contributed by atoms with Crippen LogP contribution in [0.5, 0.6) is 0 Å². The van der Waals surface area contributed by atoms with E-state index in [1.54, 1.807) is 24.3 Å². The van der Waals surface area contributed by atoms with Gasteiger partial charge in [0.05, 0.1) is 24.2 Å². The molecule has 15 heteroatoms. The van der Waals surface area contributed by atoms with Crippen molar-refractivity contribution in [1.29, 1.82) is 0 Å². The summed E-state index contributed by atoms with van der Waals surface area (Å²) in [5.74, 6) is 0.342. The van der Waals surface area contributed by atoms with Crippen molar-refractivity contribution in [3.05, 3.63) is 41.6 Å². The van der Waals surface area contributed by atoms with Crippen LogP contribution in [0.2, 0.25) is 0 Å². The summed E-state index contributed by atoms with van der Waals surface area (Å²) in [6.45, 7) is 4.12. The largest absolute Gasteiger partial charge is 0.378 e. The summed E-state index contributed by atoms with van der Waals surface area (Å²) in [6.07, 6.45) is -1.42. The van der Waals surface area contributed by atoms with E-state index >= 15 is 0 Å². The summed E-state index contributed by atoms with van der Waals surface area (Å²) in [6, 6.07) is 6.85. The van der Waals surface area contributed by atoms with E-state index in [9.17, 15) is 17.2 Å². The summed E-state index contributed by atoms with van der Waals surface area (Å²) in [5.41, 5.74) is 6.07. The number of imidazole rings is 1. The molecular weight excluding hydrogens is 520 g/mol. The van der Waals surface area contributed by atoms with Crippen molar-refractivity contribution in [3.63, 3.8) is 0 Å². The Labute approximate surface area is 217 Å². The van der Waals surface area contributed by atoms with Gasteiger partial charge in [-0.3, -0.25) is 4.57 Å². The fourth-order valence-electron chi connectivity index (χ4n) is 5.14. The number of fused-ring (bicyclic) bond motifs is 1. The average molecular weight is 548 g/mol. The third-order valence-electron chi connectivity index (χ3n) is 7.00. The standard InChI is InChI=1S/C23H27F2N9O3S/c24-18(25)19-27-16-4-1-2-5-17(16)34(19)22-29-20(31-7-9-37-10-8-31)28-21(30-22)32-12-23(13-32)14-33(15-23)38(35,36)11-3-6-26/h1-5,11,18H,6-10,12-15,26H2. The molecule has 0 bridgehead atoms. The molecule has 6 rings (SSSR count). The second-order valence-electron chi connectivity index (χ2n) is 9.71. The number of benzene rings is 1. The molecule has 38 heavy (non-hydrogen) atoms. The molecule has 0 aliphatic carbocycles. The first-order chi connectivity index (χ1) is 18.3. The average Bonchev–Trinajstić information content (AvgIpc) is 3.26. The van der Waals surface area contributed by atoms with Crippen LogP contribution in [0.25, 0.3) is 17.0 Å². The number of nitrogens with zero attached hydrogens (tertiary/aromatic N) is 8. The predicted octanol–water partition coefficient (Wildman–Crippen LogP) is 0.909. The van der Waals surface area contributed by atoms with E-state index in [0.717, 1.165) is 5.41 Å². The molecule has 3 saturated heterocycles. The van der Waals surface area contributed by atoms with E-state index < -0.39 is 22.3 Å². The number of halogens is 2. The topological polar surface area (TPSA) is 136 Å². The summed E-state index contributed by atoms with van der Waals surface area (Å²) < 4.78 is 61.0. The minimum Gasteiger partial charge on any atom is -0.378 e. The molecule has 0 radical (unpaired) electrons. The molecule has 1 spiro atoms. The van der Waals surface area contributed by atoms with Crippen molar-refractivity contribution < 1.29 is 21.9 Å². The molecule has 1 aromatic carbocycles. The monoisotopic (exact) mass is 547 g/mol. The number of alkyl halides is 2. The van der Waals surface area contributed by atoms with Crippen LogP contribution >= 0.6 is 0 Å². The smallest absolute Gasteiger partial charge is 0.296 e. The molecule has 3 aliphatic rings. The first-order valence-corrected chi connectivity index (χ1v) is 13.8. The summed E-state index contributed by atoms with van der Waals surface area (Å²) >= 11 is 0. The van der Waals surface area contributed by atoms with Gasteiger partial charge in [0, 0.05) is 56.6 Å². The number of anilines is 2. The van der Waals surface area contributed by atoms with Crippen molar-refractivity contribution in [2.45, 2.75) is 6.43 Å². The minimum absolute atomic E-state index is 0.0613. The Kier molecular flexibility index (Phi) is 6.25. The van der Waals surface area contributed by atoms with Crippen LogP contribution in [0.3, 0.4) is 0 Å². The van der Waals surface area contributed by atoms with Gasteiger partial charge in [0.1, 0.15) is 0 Å². The van der Waals surface area contributed by atoms with E-state index in [-0.39, 0.29) is 17.9 Å². The van der Waals surface area contributed by atoms with Crippen LogP contribution in [-0.4, -0.2) is 96.3 Å². The highest BCUT2D eigenvalue weighted by molar-refractivity contribution is 7.92. The Balaban J connectivity index is 1.32. The third-order valence-corrected chi connectivity index (χ3v) is 8.51. The van der Waals surface area contributed by atoms with Gasteiger partial charge in [-0.15, -0.1) is 0 Å². The molecule has 3 aromatic rings. The zero-order valence-corrected chi connectivity index (χ0v) is 21.3. The number of hydrogen-bond donors (Lipinski definition) is 1. The van der Waals surface area contributed by atoms with Gasteiger partial charge >= 0.3 is 0 Å². The number of rotatable bonds is 7. The van der Waals surface area contributed by atoms with Crippen molar-refractivity contribution in [3.8, 4) is 5.95 Å². The molecule has 0 atom stereocenters. The minimum atomic E-state index is -3.49. The summed E-state index contributed by atoms with van der Waals surface area (Å²) in [4.78, 5) is 21.8. The molecule has 3 aliphatic heterocycles. The van der Waals surface area contributed by atoms with E-state index in [4.69, 9.17) is 10.5 Å². The summed E-state index contributed by atoms with van der Waals surface area (Å²) in [7, 11) is -3.49. The van der Waals surface area contributed by atoms with Crippen molar-refractivity contribution in [2.24, 2.45) is 11.1 Å². The van der Waals surface area contributed by atoms with Crippen molar-refractivity contribution >= 4 is 33.0 Å². The summed E-state index contributed by atoms with van der Waals surface area (Å²) in [5, 5.41) is 1.14. The molecule has 12 nitrogen and oxygen atoms in total. The molecule has 3 fully saturated rings. The lowest BCUT2D eigenvalue weighted by Gasteiger charge is -2.59. The Morgan fingerprint density at radius 3 is 2.32 bits per heavy atom. The Hall–Kier alpha value is -3.27. The van der Waals surface area contributed by atoms with Crippen LogP contribution in [0.15, 0.2) is 35.7 Å². The van der Waals surface area contributed by atoms with Gasteiger partial charge in [0.25, 0.3) is 6.43 Å². The molecule has 5 heterocycles. The van der Waals surface area contributed by atoms with Gasteiger partial charge in [0.2, 0.25) is 27.9 Å².